The summed E-state index contributed by atoms with van der Waals surface area (Å²) in [5, 5.41) is 0.528. The van der Waals surface area contributed by atoms with Crippen LogP contribution in [0.4, 0.5) is 11.4 Å². The van der Waals surface area contributed by atoms with Gasteiger partial charge in [-0.1, -0.05) is 25.1 Å². The van der Waals surface area contributed by atoms with E-state index in [0.717, 1.165) is 50.6 Å². The summed E-state index contributed by atoms with van der Waals surface area (Å²) < 4.78 is 5.34. The molecule has 0 aliphatic carbocycles. The van der Waals surface area contributed by atoms with Gasteiger partial charge in [0.1, 0.15) is 5.75 Å². The second-order valence-electron chi connectivity index (χ2n) is 7.69. The number of ether oxygens (including phenoxy) is 1. The van der Waals surface area contributed by atoms with Crippen LogP contribution in [0.1, 0.15) is 13.3 Å². The maximum Gasteiger partial charge on any atom is 0.241 e. The van der Waals surface area contributed by atoms with Crippen molar-refractivity contribution >= 4 is 29.0 Å². The van der Waals surface area contributed by atoms with Crippen LogP contribution in [0.5, 0.6) is 5.75 Å². The van der Waals surface area contributed by atoms with Crippen LogP contribution in [0.3, 0.4) is 0 Å². The van der Waals surface area contributed by atoms with E-state index in [1.807, 2.05) is 34.9 Å². The van der Waals surface area contributed by atoms with E-state index in [9.17, 15) is 4.79 Å². The molecule has 5 nitrogen and oxygen atoms in total. The van der Waals surface area contributed by atoms with Crippen molar-refractivity contribution in [2.24, 2.45) is 0 Å². The quantitative estimate of drug-likeness (QED) is 0.766. The first-order valence-electron chi connectivity index (χ1n) is 10.3. The predicted molar refractivity (Wildman–Crippen MR) is 120 cm³/mol. The van der Waals surface area contributed by atoms with Gasteiger partial charge < -0.3 is 14.5 Å². The van der Waals surface area contributed by atoms with Gasteiger partial charge in [-0.25, -0.2) is 0 Å². The standard InChI is InChI=1S/C23H29N3O2S/c1-18-10-11-26(21-8-3-4-9-22(21)29-18)23(27)17-24-12-14-25(15-13-24)19-6-5-7-20(16-19)28-2/h3-9,16,18H,10-15,17H2,1-2H3. The summed E-state index contributed by atoms with van der Waals surface area (Å²) in [7, 11) is 1.70. The molecule has 6 heteroatoms. The summed E-state index contributed by atoms with van der Waals surface area (Å²) in [6, 6.07) is 16.5. The van der Waals surface area contributed by atoms with E-state index in [4.69, 9.17) is 4.74 Å². The predicted octanol–water partition coefficient (Wildman–Crippen LogP) is 3.73. The Morgan fingerprint density at radius 3 is 2.66 bits per heavy atom. The van der Waals surface area contributed by atoms with Crippen LogP contribution in [0.25, 0.3) is 0 Å². The van der Waals surface area contributed by atoms with Gasteiger partial charge >= 0.3 is 0 Å². The molecule has 2 aliphatic heterocycles. The SMILES string of the molecule is COc1cccc(N2CCN(CC(=O)N3CCC(C)Sc4ccccc43)CC2)c1. The monoisotopic (exact) mass is 411 g/mol. The lowest BCUT2D eigenvalue weighted by molar-refractivity contribution is -0.119. The Balaban J connectivity index is 1.37. The number of amides is 1. The van der Waals surface area contributed by atoms with Gasteiger partial charge in [0, 0.05) is 54.6 Å². The van der Waals surface area contributed by atoms with Crippen LogP contribution >= 0.6 is 11.8 Å². The largest absolute Gasteiger partial charge is 0.497 e. The number of nitrogens with zero attached hydrogens (tertiary/aromatic N) is 3. The molecular weight excluding hydrogens is 382 g/mol. The van der Waals surface area contributed by atoms with Gasteiger partial charge in [0.25, 0.3) is 0 Å². The molecule has 0 saturated carbocycles. The lowest BCUT2D eigenvalue weighted by atomic mass is 10.2. The van der Waals surface area contributed by atoms with Crippen molar-refractivity contribution in [1.82, 2.24) is 4.90 Å². The third kappa shape index (κ3) is 4.70. The van der Waals surface area contributed by atoms with Crippen molar-refractivity contribution in [2.75, 3.05) is 56.2 Å². The average Bonchev–Trinajstić information content (AvgIpc) is 2.92. The smallest absolute Gasteiger partial charge is 0.241 e. The van der Waals surface area contributed by atoms with Gasteiger partial charge in [-0.05, 0) is 30.7 Å². The molecule has 1 fully saturated rings. The number of rotatable bonds is 4. The Morgan fingerprint density at radius 2 is 1.86 bits per heavy atom. The maximum atomic E-state index is 13.2. The lowest BCUT2D eigenvalue weighted by Crippen LogP contribution is -2.50. The fourth-order valence-corrected chi connectivity index (χ4v) is 5.11. The zero-order chi connectivity index (χ0) is 20.2. The minimum absolute atomic E-state index is 0.210. The van der Waals surface area contributed by atoms with E-state index in [1.165, 1.54) is 10.6 Å². The van der Waals surface area contributed by atoms with Crippen LogP contribution in [0.2, 0.25) is 0 Å². The number of methoxy groups -OCH3 is 1. The number of benzene rings is 2. The zero-order valence-electron chi connectivity index (χ0n) is 17.2. The molecular formula is C23H29N3O2S. The first-order valence-corrected chi connectivity index (χ1v) is 11.2. The summed E-state index contributed by atoms with van der Waals surface area (Å²) in [6.07, 6.45) is 1.02. The molecule has 2 aromatic carbocycles. The highest BCUT2D eigenvalue weighted by Crippen LogP contribution is 2.37. The number of para-hydroxylation sites is 1. The Bertz CT molecular complexity index is 852. The second kappa shape index (κ2) is 9.09. The van der Waals surface area contributed by atoms with Crippen molar-refractivity contribution in [2.45, 2.75) is 23.5 Å². The van der Waals surface area contributed by atoms with E-state index in [-0.39, 0.29) is 5.91 Å². The van der Waals surface area contributed by atoms with E-state index >= 15 is 0 Å². The molecule has 1 atom stereocenters. The summed E-state index contributed by atoms with van der Waals surface area (Å²) >= 11 is 1.88. The van der Waals surface area contributed by atoms with Crippen LogP contribution in [0, 0.1) is 0 Å². The summed E-state index contributed by atoms with van der Waals surface area (Å²) in [5.74, 6) is 1.09. The molecule has 0 bridgehead atoms. The summed E-state index contributed by atoms with van der Waals surface area (Å²) in [5.41, 5.74) is 2.25. The summed E-state index contributed by atoms with van der Waals surface area (Å²) in [4.78, 5) is 21.0. The normalized spacial score (nSPS) is 20.1. The average molecular weight is 412 g/mol. The molecule has 2 aromatic rings. The van der Waals surface area contributed by atoms with Gasteiger partial charge in [0.15, 0.2) is 0 Å². The fraction of sp³-hybridized carbons (Fsp3) is 0.435. The number of anilines is 2. The number of hydrogen-bond donors (Lipinski definition) is 0. The van der Waals surface area contributed by atoms with Gasteiger partial charge in [-0.15, -0.1) is 11.8 Å². The van der Waals surface area contributed by atoms with Crippen molar-refractivity contribution in [1.29, 1.82) is 0 Å². The maximum absolute atomic E-state index is 13.2. The molecule has 4 rings (SSSR count). The number of carbonyl (C=O) groups excluding carboxylic acids is 1. The highest BCUT2D eigenvalue weighted by molar-refractivity contribution is 8.00. The van der Waals surface area contributed by atoms with Gasteiger partial charge in [-0.2, -0.15) is 0 Å². The molecule has 0 N–H and O–H groups in total. The fourth-order valence-electron chi connectivity index (χ4n) is 3.99. The molecule has 0 radical (unpaired) electrons. The molecule has 0 aromatic heterocycles. The van der Waals surface area contributed by atoms with Crippen LogP contribution in [-0.2, 0) is 4.79 Å². The van der Waals surface area contributed by atoms with Crippen LogP contribution in [0.15, 0.2) is 53.4 Å². The summed E-state index contributed by atoms with van der Waals surface area (Å²) in [6.45, 7) is 7.15. The number of thioether (sulfide) groups is 1. The minimum Gasteiger partial charge on any atom is -0.497 e. The first-order chi connectivity index (χ1) is 14.1. The van der Waals surface area contributed by atoms with Crippen molar-refractivity contribution < 1.29 is 9.53 Å². The third-order valence-electron chi connectivity index (χ3n) is 5.69. The minimum atomic E-state index is 0.210. The van der Waals surface area contributed by atoms with Crippen LogP contribution < -0.4 is 14.5 Å². The van der Waals surface area contributed by atoms with E-state index < -0.39 is 0 Å². The zero-order valence-corrected chi connectivity index (χ0v) is 18.0. The first kappa shape index (κ1) is 20.1. The van der Waals surface area contributed by atoms with Gasteiger partial charge in [0.2, 0.25) is 5.91 Å². The lowest BCUT2D eigenvalue weighted by Gasteiger charge is -2.36. The van der Waals surface area contributed by atoms with Crippen molar-refractivity contribution in [3.05, 3.63) is 48.5 Å². The van der Waals surface area contributed by atoms with E-state index in [0.29, 0.717) is 11.8 Å². The number of hydrogen-bond acceptors (Lipinski definition) is 5. The Hall–Kier alpha value is -2.18. The van der Waals surface area contributed by atoms with Crippen LogP contribution in [-0.4, -0.2) is 62.4 Å². The van der Waals surface area contributed by atoms with E-state index in [1.54, 1.807) is 7.11 Å². The molecule has 1 unspecified atom stereocenters. The number of fused-ring (bicyclic) bond motifs is 1. The molecule has 2 heterocycles. The Morgan fingerprint density at radius 1 is 1.07 bits per heavy atom. The molecule has 2 aliphatic rings. The Labute approximate surface area is 177 Å². The van der Waals surface area contributed by atoms with Crippen molar-refractivity contribution in [3.8, 4) is 5.75 Å². The van der Waals surface area contributed by atoms with Gasteiger partial charge in [0.05, 0.1) is 19.3 Å². The second-order valence-corrected chi connectivity index (χ2v) is 9.18. The highest BCUT2D eigenvalue weighted by atomic mass is 32.2. The van der Waals surface area contributed by atoms with Gasteiger partial charge in [-0.3, -0.25) is 9.69 Å². The molecule has 1 saturated heterocycles. The molecule has 1 amide bonds. The Kier molecular flexibility index (Phi) is 6.31. The molecule has 29 heavy (non-hydrogen) atoms. The molecule has 0 spiro atoms. The van der Waals surface area contributed by atoms with E-state index in [2.05, 4.69) is 47.1 Å². The molecule has 154 valence electrons. The highest BCUT2D eigenvalue weighted by Gasteiger charge is 2.26. The van der Waals surface area contributed by atoms with Crippen molar-refractivity contribution in [3.63, 3.8) is 0 Å². The third-order valence-corrected chi connectivity index (χ3v) is 6.93. The number of carbonyl (C=O) groups is 1. The topological polar surface area (TPSA) is 36.0 Å². The number of piperazine rings is 1.